The highest BCUT2D eigenvalue weighted by Crippen LogP contribution is 2.37. The Kier molecular flexibility index (Phi) is 6.21. The molecule has 2 aromatic heterocycles. The molecule has 0 radical (unpaired) electrons. The van der Waals surface area contributed by atoms with E-state index in [0.717, 1.165) is 40.8 Å². The molecule has 0 bridgehead atoms. The van der Waals surface area contributed by atoms with Crippen LogP contribution in [-0.4, -0.2) is 52.7 Å². The lowest BCUT2D eigenvalue weighted by Gasteiger charge is -2.40. The molecule has 8 heteroatoms. The van der Waals surface area contributed by atoms with Gasteiger partial charge in [0.05, 0.1) is 24.4 Å². The zero-order valence-corrected chi connectivity index (χ0v) is 20.0. The third-order valence-corrected chi connectivity index (χ3v) is 6.69. The van der Waals surface area contributed by atoms with Gasteiger partial charge in [-0.2, -0.15) is 5.10 Å². The van der Waals surface area contributed by atoms with Crippen LogP contribution < -0.4 is 10.1 Å². The molecule has 35 heavy (non-hydrogen) atoms. The molecule has 0 unspecified atom stereocenters. The van der Waals surface area contributed by atoms with E-state index in [1.807, 2.05) is 39.2 Å². The first kappa shape index (κ1) is 23.0. The summed E-state index contributed by atoms with van der Waals surface area (Å²) in [7, 11) is 1.83. The van der Waals surface area contributed by atoms with Crippen LogP contribution in [0.25, 0.3) is 22.0 Å². The van der Waals surface area contributed by atoms with Gasteiger partial charge >= 0.3 is 0 Å². The van der Waals surface area contributed by atoms with Gasteiger partial charge < -0.3 is 15.0 Å². The molecule has 180 valence electrons. The van der Waals surface area contributed by atoms with E-state index in [1.165, 1.54) is 12.1 Å². The lowest BCUT2D eigenvalue weighted by Crippen LogP contribution is -2.50. The third-order valence-electron chi connectivity index (χ3n) is 6.69. The number of H-pyrrole nitrogens is 1. The van der Waals surface area contributed by atoms with Crippen molar-refractivity contribution in [3.8, 4) is 16.9 Å². The monoisotopic (exact) mass is 473 g/mol. The number of pyridine rings is 1. The van der Waals surface area contributed by atoms with E-state index in [9.17, 15) is 9.18 Å². The summed E-state index contributed by atoms with van der Waals surface area (Å²) < 4.78 is 19.7. The van der Waals surface area contributed by atoms with Crippen LogP contribution in [0, 0.1) is 18.7 Å². The molecule has 1 fully saturated rings. The molecule has 4 aromatic rings. The first-order valence-electron chi connectivity index (χ1n) is 11.8. The zero-order valence-electron chi connectivity index (χ0n) is 20.0. The van der Waals surface area contributed by atoms with Crippen LogP contribution in [0.15, 0.2) is 54.9 Å². The van der Waals surface area contributed by atoms with Crippen LogP contribution in [-0.2, 0) is 0 Å². The maximum atomic E-state index is 13.8. The molecule has 2 aromatic carbocycles. The molecule has 3 heterocycles. The fourth-order valence-electron chi connectivity index (χ4n) is 4.77. The van der Waals surface area contributed by atoms with Gasteiger partial charge in [-0.1, -0.05) is 12.1 Å². The molecule has 5 rings (SSSR count). The number of carbonyl (C=O) groups is 1. The Morgan fingerprint density at radius 1 is 1.23 bits per heavy atom. The van der Waals surface area contributed by atoms with Crippen molar-refractivity contribution >= 4 is 16.8 Å². The van der Waals surface area contributed by atoms with E-state index in [2.05, 4.69) is 20.5 Å². The summed E-state index contributed by atoms with van der Waals surface area (Å²) in [6, 6.07) is 11.5. The molecule has 1 aliphatic heterocycles. The van der Waals surface area contributed by atoms with E-state index in [0.29, 0.717) is 23.5 Å². The van der Waals surface area contributed by atoms with Gasteiger partial charge in [0, 0.05) is 60.0 Å². The highest BCUT2D eigenvalue weighted by atomic mass is 19.1. The molecule has 7 nitrogen and oxygen atoms in total. The molecular formula is C27H28FN5O2. The lowest BCUT2D eigenvalue weighted by molar-refractivity contribution is 0.0626. The molecule has 1 amide bonds. The predicted octanol–water partition coefficient (Wildman–Crippen LogP) is 4.50. The molecule has 0 aliphatic carbocycles. The van der Waals surface area contributed by atoms with Crippen molar-refractivity contribution in [3.05, 3.63) is 77.5 Å². The van der Waals surface area contributed by atoms with Crippen molar-refractivity contribution in [1.82, 2.24) is 25.4 Å². The maximum Gasteiger partial charge on any atom is 0.254 e. The molecule has 1 saturated heterocycles. The lowest BCUT2D eigenvalue weighted by atomic mass is 9.87. The zero-order chi connectivity index (χ0) is 24.5. The van der Waals surface area contributed by atoms with Gasteiger partial charge in [0.2, 0.25) is 0 Å². The van der Waals surface area contributed by atoms with Crippen molar-refractivity contribution in [2.45, 2.75) is 19.9 Å². The van der Waals surface area contributed by atoms with E-state index >= 15 is 0 Å². The van der Waals surface area contributed by atoms with Crippen molar-refractivity contribution in [2.75, 3.05) is 26.7 Å². The van der Waals surface area contributed by atoms with Crippen molar-refractivity contribution < 1.29 is 13.9 Å². The van der Waals surface area contributed by atoms with Crippen LogP contribution in [0.2, 0.25) is 0 Å². The SMILES string of the molecule is CCOc1cc(C(=O)N(C)[C@H](c2cnc(C)c3cn[nH]c23)C2CNC2)ccc1-c1cccc(F)c1. The normalized spacial score (nSPS) is 14.5. The van der Waals surface area contributed by atoms with Crippen LogP contribution in [0.5, 0.6) is 5.75 Å². The number of rotatable bonds is 7. The van der Waals surface area contributed by atoms with Gasteiger partial charge in [-0.05, 0) is 49.7 Å². The van der Waals surface area contributed by atoms with E-state index in [4.69, 9.17) is 4.74 Å². The second kappa shape index (κ2) is 9.46. The van der Waals surface area contributed by atoms with Gasteiger partial charge in [0.15, 0.2) is 0 Å². The van der Waals surface area contributed by atoms with Crippen molar-refractivity contribution in [2.24, 2.45) is 5.92 Å². The summed E-state index contributed by atoms with van der Waals surface area (Å²) in [4.78, 5) is 20.1. The number of nitrogens with zero attached hydrogens (tertiary/aromatic N) is 3. The number of aromatic nitrogens is 3. The summed E-state index contributed by atoms with van der Waals surface area (Å²) in [5.41, 5.74) is 4.71. The van der Waals surface area contributed by atoms with Crippen molar-refractivity contribution in [3.63, 3.8) is 0 Å². The number of aryl methyl sites for hydroxylation is 1. The average molecular weight is 474 g/mol. The Morgan fingerprint density at radius 3 is 2.77 bits per heavy atom. The van der Waals surface area contributed by atoms with Gasteiger partial charge in [-0.3, -0.25) is 14.9 Å². The molecular weight excluding hydrogens is 445 g/mol. The smallest absolute Gasteiger partial charge is 0.254 e. The minimum Gasteiger partial charge on any atom is -0.493 e. The Hall–Kier alpha value is -3.78. The van der Waals surface area contributed by atoms with E-state index < -0.39 is 0 Å². The number of nitrogens with one attached hydrogen (secondary N) is 2. The summed E-state index contributed by atoms with van der Waals surface area (Å²) in [5, 5.41) is 11.6. The van der Waals surface area contributed by atoms with Gasteiger partial charge in [0.25, 0.3) is 5.91 Å². The van der Waals surface area contributed by atoms with Crippen LogP contribution >= 0.6 is 0 Å². The Balaban J connectivity index is 1.52. The number of ether oxygens (including phenoxy) is 1. The van der Waals surface area contributed by atoms with Gasteiger partial charge in [-0.25, -0.2) is 4.39 Å². The summed E-state index contributed by atoms with van der Waals surface area (Å²) in [6.45, 7) is 5.89. The average Bonchev–Trinajstić information content (AvgIpc) is 3.32. The summed E-state index contributed by atoms with van der Waals surface area (Å²) in [6.07, 6.45) is 3.62. The van der Waals surface area contributed by atoms with E-state index in [-0.39, 0.29) is 23.7 Å². The topological polar surface area (TPSA) is 83.1 Å². The number of halogens is 1. The van der Waals surface area contributed by atoms with Crippen molar-refractivity contribution in [1.29, 1.82) is 0 Å². The Morgan fingerprint density at radius 2 is 2.06 bits per heavy atom. The maximum absolute atomic E-state index is 13.8. The third kappa shape index (κ3) is 4.25. The molecule has 1 aliphatic rings. The number of amides is 1. The number of aromatic amines is 1. The summed E-state index contributed by atoms with van der Waals surface area (Å²) in [5.74, 6) is 0.352. The first-order valence-corrected chi connectivity index (χ1v) is 11.8. The number of benzene rings is 2. The number of hydrogen-bond acceptors (Lipinski definition) is 5. The quantitative estimate of drug-likeness (QED) is 0.413. The Bertz CT molecular complexity index is 1380. The van der Waals surface area contributed by atoms with Gasteiger partial charge in [0.1, 0.15) is 11.6 Å². The molecule has 2 N–H and O–H groups in total. The molecule has 1 atom stereocenters. The fraction of sp³-hybridized carbons (Fsp3) is 0.296. The number of fused-ring (bicyclic) bond motifs is 1. The standard InChI is InChI=1S/C27H28FN5O2/c1-4-35-24-11-18(8-9-21(24)17-6-5-7-20(28)10-17)27(34)33(3)26(19-12-29-13-19)23-14-30-16(2)22-15-31-32-25(22)23/h5-11,14-15,19,26,29H,4,12-13H2,1-3H3,(H,31,32)/t26-/m0/s1. The van der Waals surface area contributed by atoms with Crippen LogP contribution in [0.1, 0.15) is 34.6 Å². The molecule has 0 saturated carbocycles. The Labute approximate surface area is 203 Å². The molecule has 0 spiro atoms. The van der Waals surface area contributed by atoms with Crippen LogP contribution in [0.3, 0.4) is 0 Å². The largest absolute Gasteiger partial charge is 0.493 e. The van der Waals surface area contributed by atoms with E-state index in [1.54, 1.807) is 29.3 Å². The second-order valence-electron chi connectivity index (χ2n) is 8.89. The number of carbonyl (C=O) groups excluding carboxylic acids is 1. The minimum absolute atomic E-state index is 0.123. The second-order valence-corrected chi connectivity index (χ2v) is 8.89. The minimum atomic E-state index is -0.321. The van der Waals surface area contributed by atoms with Gasteiger partial charge in [-0.15, -0.1) is 0 Å². The fourth-order valence-corrected chi connectivity index (χ4v) is 4.77. The first-order chi connectivity index (χ1) is 17.0. The summed E-state index contributed by atoms with van der Waals surface area (Å²) >= 11 is 0. The number of hydrogen-bond donors (Lipinski definition) is 2. The highest BCUT2D eigenvalue weighted by molar-refractivity contribution is 5.96. The van der Waals surface area contributed by atoms with Crippen LogP contribution in [0.4, 0.5) is 4.39 Å². The predicted molar refractivity (Wildman–Crippen MR) is 133 cm³/mol. The highest BCUT2D eigenvalue weighted by Gasteiger charge is 2.36.